The van der Waals surface area contributed by atoms with Crippen LogP contribution < -0.4 is 17.0 Å². The quantitative estimate of drug-likeness (QED) is 0.292. The Labute approximate surface area is 115 Å². The van der Waals surface area contributed by atoms with Gasteiger partial charge in [0.2, 0.25) is 5.95 Å². The van der Waals surface area contributed by atoms with Gasteiger partial charge in [-0.05, 0) is 18.7 Å². The summed E-state index contributed by atoms with van der Waals surface area (Å²) in [5.41, 5.74) is 1.50. The average Bonchev–Trinajstić information content (AvgIpc) is 2.78. The number of hydrogen-bond acceptors (Lipinski definition) is 9. The molecule has 0 fully saturated rings. The molecule has 0 saturated heterocycles. The fraction of sp³-hybridized carbons (Fsp3) is 0.250. The Morgan fingerprint density at radius 2 is 2.40 bits per heavy atom. The molecule has 2 aromatic rings. The number of nitro groups is 1. The summed E-state index contributed by atoms with van der Waals surface area (Å²) in [6.45, 7) is 2.13. The SMILES string of the molecule is CCn1c(Sc2nc(NN)ncc2[N+](=O)[O-])n[nH]c1=O. The van der Waals surface area contributed by atoms with E-state index in [1.165, 1.54) is 4.57 Å². The number of hydrazine groups is 1. The topological polar surface area (TPSA) is 158 Å². The molecular formula is C8H10N8O3S. The molecule has 0 unspecified atom stereocenters. The number of rotatable bonds is 5. The molecule has 2 aromatic heterocycles. The Morgan fingerprint density at radius 3 is 3.00 bits per heavy atom. The lowest BCUT2D eigenvalue weighted by molar-refractivity contribution is -0.388. The second-order valence-electron chi connectivity index (χ2n) is 3.44. The standard InChI is InChI=1S/C8H10N8O3S/c1-2-15-7(17)13-14-8(15)20-5-4(16(18)19)3-10-6(11-5)12-9/h3H,2,9H2,1H3,(H,13,17)(H,10,11,12). The zero-order valence-corrected chi connectivity index (χ0v) is 11.0. The molecule has 0 radical (unpaired) electrons. The molecule has 20 heavy (non-hydrogen) atoms. The van der Waals surface area contributed by atoms with Crippen molar-refractivity contribution in [2.45, 2.75) is 23.7 Å². The van der Waals surface area contributed by atoms with Gasteiger partial charge in [0.15, 0.2) is 10.2 Å². The van der Waals surface area contributed by atoms with Crippen LogP contribution in [-0.2, 0) is 6.54 Å². The fourth-order valence-corrected chi connectivity index (χ4v) is 2.33. The van der Waals surface area contributed by atoms with Crippen molar-refractivity contribution in [3.05, 3.63) is 26.8 Å². The molecule has 106 valence electrons. The zero-order chi connectivity index (χ0) is 14.7. The number of aromatic nitrogens is 5. The average molecular weight is 298 g/mol. The van der Waals surface area contributed by atoms with Crippen LogP contribution in [0.4, 0.5) is 11.6 Å². The summed E-state index contributed by atoms with van der Waals surface area (Å²) in [7, 11) is 0. The summed E-state index contributed by atoms with van der Waals surface area (Å²) < 4.78 is 1.33. The second-order valence-corrected chi connectivity index (χ2v) is 4.40. The Kier molecular flexibility index (Phi) is 3.95. The summed E-state index contributed by atoms with van der Waals surface area (Å²) in [6.07, 6.45) is 1.03. The number of nitrogens with one attached hydrogen (secondary N) is 2. The van der Waals surface area contributed by atoms with E-state index < -0.39 is 10.6 Å². The lowest BCUT2D eigenvalue weighted by Gasteiger charge is -2.04. The molecule has 0 atom stereocenters. The van der Waals surface area contributed by atoms with E-state index in [0.29, 0.717) is 6.54 Å². The Morgan fingerprint density at radius 1 is 1.65 bits per heavy atom. The predicted octanol–water partition coefficient (Wildman–Crippen LogP) is -0.274. The van der Waals surface area contributed by atoms with E-state index >= 15 is 0 Å². The van der Waals surface area contributed by atoms with Crippen LogP contribution in [0.15, 0.2) is 21.2 Å². The smallest absolute Gasteiger partial charge is 0.292 e. The molecule has 0 saturated carbocycles. The monoisotopic (exact) mass is 298 g/mol. The van der Waals surface area contributed by atoms with Crippen molar-refractivity contribution >= 4 is 23.4 Å². The first-order valence-corrected chi connectivity index (χ1v) is 6.19. The highest BCUT2D eigenvalue weighted by Crippen LogP contribution is 2.31. The molecule has 4 N–H and O–H groups in total. The Bertz CT molecular complexity index is 695. The number of nitrogen functional groups attached to an aromatic ring is 1. The first kappa shape index (κ1) is 14.0. The van der Waals surface area contributed by atoms with Gasteiger partial charge in [0.05, 0.1) is 4.92 Å². The van der Waals surface area contributed by atoms with Gasteiger partial charge in [-0.15, -0.1) is 5.10 Å². The maximum absolute atomic E-state index is 11.4. The van der Waals surface area contributed by atoms with Crippen LogP contribution in [0.25, 0.3) is 0 Å². The normalized spacial score (nSPS) is 10.5. The van der Waals surface area contributed by atoms with Gasteiger partial charge in [-0.25, -0.2) is 20.7 Å². The first-order valence-electron chi connectivity index (χ1n) is 5.38. The lowest BCUT2D eigenvalue weighted by atomic mass is 10.5. The molecule has 0 spiro atoms. The molecule has 0 bridgehead atoms. The number of H-pyrrole nitrogens is 1. The molecule has 0 aliphatic carbocycles. The fourth-order valence-electron chi connectivity index (χ4n) is 1.38. The molecule has 11 nitrogen and oxygen atoms in total. The van der Waals surface area contributed by atoms with Crippen molar-refractivity contribution in [2.75, 3.05) is 5.43 Å². The maximum atomic E-state index is 11.4. The highest BCUT2D eigenvalue weighted by Gasteiger charge is 2.21. The molecule has 0 aliphatic heterocycles. The highest BCUT2D eigenvalue weighted by molar-refractivity contribution is 7.99. The van der Waals surface area contributed by atoms with Gasteiger partial charge in [-0.3, -0.25) is 20.1 Å². The number of hydrogen-bond donors (Lipinski definition) is 3. The van der Waals surface area contributed by atoms with Crippen molar-refractivity contribution in [3.8, 4) is 0 Å². The van der Waals surface area contributed by atoms with Gasteiger partial charge in [0.1, 0.15) is 6.20 Å². The molecule has 0 amide bonds. The highest BCUT2D eigenvalue weighted by atomic mass is 32.2. The molecule has 2 rings (SSSR count). The van der Waals surface area contributed by atoms with E-state index in [1.807, 2.05) is 0 Å². The van der Waals surface area contributed by atoms with Gasteiger partial charge < -0.3 is 0 Å². The lowest BCUT2D eigenvalue weighted by Crippen LogP contribution is -2.16. The van der Waals surface area contributed by atoms with E-state index in [1.54, 1.807) is 6.92 Å². The van der Waals surface area contributed by atoms with Crippen LogP contribution in [-0.4, -0.2) is 29.7 Å². The third kappa shape index (κ3) is 2.60. The first-order chi connectivity index (χ1) is 9.56. The van der Waals surface area contributed by atoms with Crippen molar-refractivity contribution < 1.29 is 4.92 Å². The van der Waals surface area contributed by atoms with Gasteiger partial charge in [0, 0.05) is 6.54 Å². The number of anilines is 1. The molecule has 0 aliphatic rings. The van der Waals surface area contributed by atoms with E-state index in [2.05, 4.69) is 25.6 Å². The van der Waals surface area contributed by atoms with Crippen molar-refractivity contribution in [2.24, 2.45) is 5.84 Å². The predicted molar refractivity (Wildman–Crippen MR) is 69.1 cm³/mol. The van der Waals surface area contributed by atoms with Crippen molar-refractivity contribution in [3.63, 3.8) is 0 Å². The van der Waals surface area contributed by atoms with E-state index in [0.717, 1.165) is 18.0 Å². The van der Waals surface area contributed by atoms with Crippen LogP contribution in [0.1, 0.15) is 6.92 Å². The van der Waals surface area contributed by atoms with E-state index in [-0.39, 0.29) is 21.8 Å². The maximum Gasteiger partial charge on any atom is 0.343 e. The summed E-state index contributed by atoms with van der Waals surface area (Å²) in [6, 6.07) is 0. The van der Waals surface area contributed by atoms with Crippen LogP contribution in [0.2, 0.25) is 0 Å². The van der Waals surface area contributed by atoms with Gasteiger partial charge in [0.25, 0.3) is 0 Å². The zero-order valence-electron chi connectivity index (χ0n) is 10.2. The third-order valence-electron chi connectivity index (χ3n) is 2.29. The van der Waals surface area contributed by atoms with Crippen LogP contribution in [0.5, 0.6) is 0 Å². The minimum Gasteiger partial charge on any atom is -0.292 e. The summed E-state index contributed by atoms with van der Waals surface area (Å²) in [4.78, 5) is 29.3. The summed E-state index contributed by atoms with van der Waals surface area (Å²) in [5.74, 6) is 5.19. The third-order valence-corrected chi connectivity index (χ3v) is 3.28. The minimum atomic E-state index is -0.621. The van der Waals surface area contributed by atoms with Crippen LogP contribution >= 0.6 is 11.8 Å². The van der Waals surface area contributed by atoms with Crippen LogP contribution in [0.3, 0.4) is 0 Å². The summed E-state index contributed by atoms with van der Waals surface area (Å²) >= 11 is 0.876. The van der Waals surface area contributed by atoms with Gasteiger partial charge in [-0.2, -0.15) is 4.98 Å². The Balaban J connectivity index is 2.45. The van der Waals surface area contributed by atoms with E-state index in [9.17, 15) is 14.9 Å². The van der Waals surface area contributed by atoms with Gasteiger partial charge in [-0.1, -0.05) is 0 Å². The minimum absolute atomic E-state index is 0.0269. The van der Waals surface area contributed by atoms with Gasteiger partial charge >= 0.3 is 11.4 Å². The number of nitrogens with zero attached hydrogens (tertiary/aromatic N) is 5. The van der Waals surface area contributed by atoms with Crippen molar-refractivity contribution in [1.82, 2.24) is 24.7 Å². The van der Waals surface area contributed by atoms with Crippen LogP contribution in [0, 0.1) is 10.1 Å². The molecule has 12 heteroatoms. The van der Waals surface area contributed by atoms with Crippen molar-refractivity contribution in [1.29, 1.82) is 0 Å². The molecule has 0 aromatic carbocycles. The molecular weight excluding hydrogens is 288 g/mol. The van der Waals surface area contributed by atoms with E-state index in [4.69, 9.17) is 5.84 Å². The second kappa shape index (κ2) is 5.66. The molecule has 2 heterocycles. The number of nitrogens with two attached hydrogens (primary N) is 1. The largest absolute Gasteiger partial charge is 0.343 e. The number of aromatic amines is 1. The summed E-state index contributed by atoms with van der Waals surface area (Å²) in [5, 5.41) is 17.3. The Hall–Kier alpha value is -2.47.